The summed E-state index contributed by atoms with van der Waals surface area (Å²) in [5, 5.41) is 1.88. The molecule has 0 radical (unpaired) electrons. The summed E-state index contributed by atoms with van der Waals surface area (Å²) in [4.78, 5) is 28.5. The van der Waals surface area contributed by atoms with E-state index < -0.39 is 12.1 Å². The fourth-order valence-electron chi connectivity index (χ4n) is 2.17. The highest BCUT2D eigenvalue weighted by atomic mass is 32.1. The zero-order valence-corrected chi connectivity index (χ0v) is 14.9. The summed E-state index contributed by atoms with van der Waals surface area (Å²) in [6.45, 7) is 1.89. The number of methoxy groups -OCH3 is 1. The molecule has 26 heavy (non-hydrogen) atoms. The molecular formula is C18H15NO6S. The van der Waals surface area contributed by atoms with E-state index >= 15 is 0 Å². The monoisotopic (exact) mass is 373 g/mol. The number of hydrogen-bond donors (Lipinski definition) is 0. The number of benzene rings is 1. The lowest BCUT2D eigenvalue weighted by Crippen LogP contribution is -2.10. The first-order chi connectivity index (χ1) is 12.6. The Labute approximate surface area is 153 Å². The van der Waals surface area contributed by atoms with Crippen molar-refractivity contribution in [1.29, 1.82) is 0 Å². The first-order valence-corrected chi connectivity index (χ1v) is 8.57. The van der Waals surface area contributed by atoms with Gasteiger partial charge >= 0.3 is 12.1 Å². The number of ether oxygens (including phenoxy) is 4. The number of esters is 1. The summed E-state index contributed by atoms with van der Waals surface area (Å²) in [6, 6.07) is 8.51. The van der Waals surface area contributed by atoms with Crippen molar-refractivity contribution in [3.8, 4) is 11.5 Å². The Bertz CT molecular complexity index is 885. The van der Waals surface area contributed by atoms with Crippen LogP contribution in [0.25, 0.3) is 6.08 Å². The van der Waals surface area contributed by atoms with Gasteiger partial charge in [0, 0.05) is 0 Å². The fourth-order valence-corrected chi connectivity index (χ4v) is 2.82. The van der Waals surface area contributed by atoms with Gasteiger partial charge in [0.05, 0.1) is 18.6 Å². The lowest BCUT2D eigenvalue weighted by atomic mass is 10.1. The Morgan fingerprint density at radius 1 is 1.31 bits per heavy atom. The molecule has 1 aliphatic heterocycles. The predicted molar refractivity (Wildman–Crippen MR) is 95.6 cm³/mol. The van der Waals surface area contributed by atoms with Crippen molar-refractivity contribution >= 4 is 35.4 Å². The molecule has 7 nitrogen and oxygen atoms in total. The maximum Gasteiger partial charge on any atom is 0.513 e. The van der Waals surface area contributed by atoms with Gasteiger partial charge in [0.2, 0.25) is 5.90 Å². The van der Waals surface area contributed by atoms with Gasteiger partial charge in [0.1, 0.15) is 0 Å². The molecule has 0 saturated carbocycles. The van der Waals surface area contributed by atoms with E-state index in [2.05, 4.69) is 4.99 Å². The highest BCUT2D eigenvalue weighted by Gasteiger charge is 2.24. The van der Waals surface area contributed by atoms with E-state index in [-0.39, 0.29) is 24.0 Å². The van der Waals surface area contributed by atoms with E-state index in [1.807, 2.05) is 17.5 Å². The lowest BCUT2D eigenvalue weighted by molar-refractivity contribution is -0.129. The van der Waals surface area contributed by atoms with E-state index in [0.29, 0.717) is 11.3 Å². The molecule has 0 unspecified atom stereocenters. The van der Waals surface area contributed by atoms with Crippen LogP contribution in [0.4, 0.5) is 4.79 Å². The van der Waals surface area contributed by atoms with Crippen molar-refractivity contribution in [2.45, 2.75) is 6.92 Å². The van der Waals surface area contributed by atoms with E-state index in [1.165, 1.54) is 18.4 Å². The SMILES string of the molecule is CCOC(=O)Oc1ccc(C=C2N=C(c3cccs3)OC2=O)cc1OC. The van der Waals surface area contributed by atoms with Crippen LogP contribution in [0.1, 0.15) is 17.4 Å². The van der Waals surface area contributed by atoms with E-state index in [1.54, 1.807) is 31.2 Å². The second-order valence-electron chi connectivity index (χ2n) is 5.01. The van der Waals surface area contributed by atoms with Crippen LogP contribution in [0.3, 0.4) is 0 Å². The fraction of sp³-hybridized carbons (Fsp3) is 0.167. The second kappa shape index (κ2) is 7.83. The molecule has 1 aliphatic rings. The molecule has 0 saturated heterocycles. The van der Waals surface area contributed by atoms with Crippen molar-refractivity contribution in [2.24, 2.45) is 4.99 Å². The third kappa shape index (κ3) is 3.92. The number of rotatable bonds is 5. The smallest absolute Gasteiger partial charge is 0.493 e. The standard InChI is InChI=1S/C18H15NO6S/c1-3-23-18(21)24-13-7-6-11(10-14(13)22-2)9-12-17(20)25-16(19-12)15-5-4-8-26-15/h4-10H,3H2,1-2H3. The van der Waals surface area contributed by atoms with E-state index in [0.717, 1.165) is 4.88 Å². The molecule has 3 rings (SSSR count). The van der Waals surface area contributed by atoms with Crippen LogP contribution in [-0.2, 0) is 14.3 Å². The molecule has 0 bridgehead atoms. The largest absolute Gasteiger partial charge is 0.513 e. The maximum absolute atomic E-state index is 12.0. The number of carbonyl (C=O) groups is 2. The summed E-state index contributed by atoms with van der Waals surface area (Å²) in [5.74, 6) is 0.288. The summed E-state index contributed by atoms with van der Waals surface area (Å²) in [6.07, 6.45) is 0.751. The Kier molecular flexibility index (Phi) is 5.33. The summed E-state index contributed by atoms with van der Waals surface area (Å²) < 4.78 is 20.2. The highest BCUT2D eigenvalue weighted by molar-refractivity contribution is 7.12. The topological polar surface area (TPSA) is 83.4 Å². The Hall–Kier alpha value is -3.13. The van der Waals surface area contributed by atoms with Crippen LogP contribution < -0.4 is 9.47 Å². The number of nitrogens with zero attached hydrogens (tertiary/aromatic N) is 1. The number of hydrogen-bond acceptors (Lipinski definition) is 8. The molecule has 1 aromatic carbocycles. The molecule has 0 aliphatic carbocycles. The van der Waals surface area contributed by atoms with Crippen molar-refractivity contribution in [2.75, 3.05) is 13.7 Å². The molecule has 0 atom stereocenters. The zero-order valence-electron chi connectivity index (χ0n) is 14.1. The number of cyclic esters (lactones) is 1. The van der Waals surface area contributed by atoms with Gasteiger partial charge in [-0.25, -0.2) is 14.6 Å². The molecule has 0 N–H and O–H groups in total. The van der Waals surface area contributed by atoms with Crippen LogP contribution in [0.2, 0.25) is 0 Å². The summed E-state index contributed by atoms with van der Waals surface area (Å²) in [7, 11) is 1.45. The molecule has 2 aromatic rings. The number of aliphatic imine (C=N–C) groups is 1. The van der Waals surface area contributed by atoms with Crippen molar-refractivity contribution in [1.82, 2.24) is 0 Å². The normalized spacial score (nSPS) is 14.8. The average molecular weight is 373 g/mol. The van der Waals surface area contributed by atoms with Crippen LogP contribution in [0.5, 0.6) is 11.5 Å². The molecule has 0 amide bonds. The zero-order chi connectivity index (χ0) is 18.5. The Morgan fingerprint density at radius 2 is 2.15 bits per heavy atom. The van der Waals surface area contributed by atoms with E-state index in [9.17, 15) is 9.59 Å². The third-order valence-electron chi connectivity index (χ3n) is 3.30. The van der Waals surface area contributed by atoms with Gasteiger partial charge in [-0.15, -0.1) is 11.3 Å². The Morgan fingerprint density at radius 3 is 2.85 bits per heavy atom. The number of carbonyl (C=O) groups excluding carboxylic acids is 2. The molecule has 2 heterocycles. The van der Waals surface area contributed by atoms with Gasteiger partial charge in [-0.05, 0) is 42.1 Å². The van der Waals surface area contributed by atoms with Gasteiger partial charge in [-0.1, -0.05) is 12.1 Å². The van der Waals surface area contributed by atoms with Crippen LogP contribution in [0, 0.1) is 0 Å². The Balaban J connectivity index is 1.84. The first kappa shape index (κ1) is 17.7. The van der Waals surface area contributed by atoms with E-state index in [4.69, 9.17) is 18.9 Å². The summed E-state index contributed by atoms with van der Waals surface area (Å²) >= 11 is 1.43. The minimum Gasteiger partial charge on any atom is -0.493 e. The maximum atomic E-state index is 12.0. The van der Waals surface area contributed by atoms with Gasteiger partial charge in [-0.2, -0.15) is 0 Å². The molecule has 134 valence electrons. The van der Waals surface area contributed by atoms with Crippen LogP contribution in [0.15, 0.2) is 46.4 Å². The van der Waals surface area contributed by atoms with Gasteiger partial charge in [-0.3, -0.25) is 0 Å². The minimum atomic E-state index is -0.818. The second-order valence-corrected chi connectivity index (χ2v) is 5.96. The molecule has 0 fully saturated rings. The van der Waals surface area contributed by atoms with Crippen molar-refractivity contribution in [3.63, 3.8) is 0 Å². The summed E-state index contributed by atoms with van der Waals surface area (Å²) in [5.41, 5.74) is 0.815. The first-order valence-electron chi connectivity index (χ1n) is 7.69. The molecule has 1 aromatic heterocycles. The van der Waals surface area contributed by atoms with Crippen molar-refractivity contribution in [3.05, 3.63) is 51.8 Å². The lowest BCUT2D eigenvalue weighted by Gasteiger charge is -2.09. The van der Waals surface area contributed by atoms with Gasteiger partial charge in [0.25, 0.3) is 0 Å². The highest BCUT2D eigenvalue weighted by Crippen LogP contribution is 2.30. The van der Waals surface area contributed by atoms with Crippen LogP contribution >= 0.6 is 11.3 Å². The minimum absolute atomic E-state index is 0.175. The molecular weight excluding hydrogens is 358 g/mol. The predicted octanol–water partition coefficient (Wildman–Crippen LogP) is 3.64. The molecule has 0 spiro atoms. The third-order valence-corrected chi connectivity index (χ3v) is 4.16. The van der Waals surface area contributed by atoms with Crippen molar-refractivity contribution < 1.29 is 28.5 Å². The molecule has 8 heteroatoms. The van der Waals surface area contributed by atoms with Gasteiger partial charge in [0.15, 0.2) is 17.2 Å². The average Bonchev–Trinajstić information content (AvgIpc) is 3.27. The number of thiophene rings is 1. The quantitative estimate of drug-likeness (QED) is 0.452. The van der Waals surface area contributed by atoms with Gasteiger partial charge < -0.3 is 18.9 Å². The van der Waals surface area contributed by atoms with Crippen LogP contribution in [-0.4, -0.2) is 31.7 Å².